The van der Waals surface area contributed by atoms with Crippen LogP contribution in [0.4, 0.5) is 0 Å². The van der Waals surface area contributed by atoms with Crippen molar-refractivity contribution in [2.45, 2.75) is 20.3 Å². The second-order valence-corrected chi connectivity index (χ2v) is 3.15. The zero-order chi connectivity index (χ0) is 6.91. The third-order valence-electron chi connectivity index (χ3n) is 1.29. The zero-order valence-corrected chi connectivity index (χ0v) is 5.73. The Morgan fingerprint density at radius 2 is 2.33 bits per heavy atom. The zero-order valence-electron chi connectivity index (χ0n) is 5.73. The Balaban J connectivity index is 2.51. The maximum Gasteiger partial charge on any atom is 0.244 e. The van der Waals surface area contributed by atoms with Gasteiger partial charge in [-0.3, -0.25) is 9.63 Å². The van der Waals surface area contributed by atoms with Crippen LogP contribution >= 0.6 is 0 Å². The van der Waals surface area contributed by atoms with Crippen molar-refractivity contribution in [1.82, 2.24) is 5.48 Å². The summed E-state index contributed by atoms with van der Waals surface area (Å²) in [6.45, 7) is 4.62. The molecular formula is C6H11NO2. The first-order chi connectivity index (χ1) is 4.10. The molecule has 1 amide bonds. The van der Waals surface area contributed by atoms with E-state index in [-0.39, 0.29) is 11.3 Å². The fraction of sp³-hybridized carbons (Fsp3) is 0.833. The van der Waals surface area contributed by atoms with Crippen LogP contribution in [-0.2, 0) is 9.63 Å². The molecule has 0 spiro atoms. The van der Waals surface area contributed by atoms with Crippen LogP contribution in [0.3, 0.4) is 0 Å². The molecule has 0 aliphatic carbocycles. The molecule has 0 saturated carbocycles. The Bertz CT molecular complexity index is 131. The van der Waals surface area contributed by atoms with Gasteiger partial charge in [-0.05, 0) is 5.41 Å². The summed E-state index contributed by atoms with van der Waals surface area (Å²) in [6, 6.07) is 0. The van der Waals surface area contributed by atoms with Crippen LogP contribution < -0.4 is 5.48 Å². The van der Waals surface area contributed by atoms with Crippen LogP contribution in [0.25, 0.3) is 0 Å². The van der Waals surface area contributed by atoms with Crippen LogP contribution in [-0.4, -0.2) is 12.5 Å². The lowest BCUT2D eigenvalue weighted by molar-refractivity contribution is -0.148. The number of hydrogen-bond acceptors (Lipinski definition) is 2. The van der Waals surface area contributed by atoms with Gasteiger partial charge >= 0.3 is 0 Å². The van der Waals surface area contributed by atoms with Gasteiger partial charge in [0.05, 0.1) is 6.61 Å². The van der Waals surface area contributed by atoms with E-state index >= 15 is 0 Å². The van der Waals surface area contributed by atoms with Crippen molar-refractivity contribution in [3.05, 3.63) is 0 Å². The van der Waals surface area contributed by atoms with Gasteiger partial charge in [-0.2, -0.15) is 0 Å². The van der Waals surface area contributed by atoms with Crippen molar-refractivity contribution in [3.8, 4) is 0 Å². The van der Waals surface area contributed by atoms with Gasteiger partial charge < -0.3 is 0 Å². The number of amides is 1. The van der Waals surface area contributed by atoms with E-state index in [1.165, 1.54) is 0 Å². The Labute approximate surface area is 54.3 Å². The topological polar surface area (TPSA) is 38.3 Å². The first-order valence-electron chi connectivity index (χ1n) is 3.01. The number of carbonyl (C=O) groups excluding carboxylic acids is 1. The van der Waals surface area contributed by atoms with Crippen molar-refractivity contribution in [3.63, 3.8) is 0 Å². The fourth-order valence-corrected chi connectivity index (χ4v) is 0.834. The summed E-state index contributed by atoms with van der Waals surface area (Å²) in [4.78, 5) is 15.4. The molecule has 1 fully saturated rings. The molecule has 0 aromatic carbocycles. The van der Waals surface area contributed by atoms with Gasteiger partial charge in [0.2, 0.25) is 5.91 Å². The molecule has 52 valence electrons. The molecule has 0 unspecified atom stereocenters. The van der Waals surface area contributed by atoms with Gasteiger partial charge in [0.15, 0.2) is 0 Å². The highest BCUT2D eigenvalue weighted by Crippen LogP contribution is 2.22. The lowest BCUT2D eigenvalue weighted by Gasteiger charge is -2.27. The van der Waals surface area contributed by atoms with Crippen molar-refractivity contribution in [2.24, 2.45) is 5.41 Å². The van der Waals surface area contributed by atoms with Crippen molar-refractivity contribution >= 4 is 5.91 Å². The first-order valence-corrected chi connectivity index (χ1v) is 3.01. The molecule has 1 rings (SSSR count). The average Bonchev–Trinajstić information content (AvgIpc) is 1.60. The predicted octanol–water partition coefficient (Wildman–Crippen LogP) is 0.464. The molecule has 1 N–H and O–H groups in total. The van der Waals surface area contributed by atoms with Crippen LogP contribution in [0.5, 0.6) is 0 Å². The molecule has 1 aliphatic rings. The minimum Gasteiger partial charge on any atom is -0.273 e. The molecular weight excluding hydrogens is 118 g/mol. The Hall–Kier alpha value is -0.570. The molecule has 1 saturated heterocycles. The minimum atomic E-state index is -0.0220. The van der Waals surface area contributed by atoms with Crippen LogP contribution in [0.2, 0.25) is 0 Å². The van der Waals surface area contributed by atoms with E-state index < -0.39 is 0 Å². The summed E-state index contributed by atoms with van der Waals surface area (Å²) in [6.07, 6.45) is 0.562. The highest BCUT2D eigenvalue weighted by Gasteiger charge is 2.26. The summed E-state index contributed by atoms with van der Waals surface area (Å²) in [5, 5.41) is 0. The van der Waals surface area contributed by atoms with E-state index in [0.29, 0.717) is 13.0 Å². The maximum absolute atomic E-state index is 10.6. The number of carbonyl (C=O) groups is 1. The molecule has 0 atom stereocenters. The van der Waals surface area contributed by atoms with Crippen molar-refractivity contribution in [2.75, 3.05) is 6.61 Å². The van der Waals surface area contributed by atoms with Gasteiger partial charge in [-0.1, -0.05) is 13.8 Å². The molecule has 9 heavy (non-hydrogen) atoms. The van der Waals surface area contributed by atoms with E-state index in [0.717, 1.165) is 0 Å². The number of hydroxylamine groups is 1. The molecule has 3 heteroatoms. The molecule has 0 aromatic heterocycles. The van der Waals surface area contributed by atoms with Crippen molar-refractivity contribution < 1.29 is 9.63 Å². The summed E-state index contributed by atoms with van der Waals surface area (Å²) < 4.78 is 0. The standard InChI is InChI=1S/C6H11NO2/c1-6(2)3-5(8)7-9-4-6/h3-4H2,1-2H3,(H,7,8). The molecule has 0 radical (unpaired) electrons. The number of rotatable bonds is 0. The third kappa shape index (κ3) is 1.68. The molecule has 0 bridgehead atoms. The van der Waals surface area contributed by atoms with Gasteiger partial charge in [-0.25, -0.2) is 5.48 Å². The third-order valence-corrected chi connectivity index (χ3v) is 1.29. The Morgan fingerprint density at radius 1 is 1.67 bits per heavy atom. The van der Waals surface area contributed by atoms with E-state index in [2.05, 4.69) is 5.48 Å². The number of nitrogens with one attached hydrogen (secondary N) is 1. The normalized spacial score (nSPS) is 25.3. The maximum atomic E-state index is 10.6. The van der Waals surface area contributed by atoms with Gasteiger partial charge in [0, 0.05) is 6.42 Å². The average molecular weight is 129 g/mol. The van der Waals surface area contributed by atoms with E-state index in [4.69, 9.17) is 4.84 Å². The smallest absolute Gasteiger partial charge is 0.244 e. The van der Waals surface area contributed by atoms with Crippen molar-refractivity contribution in [1.29, 1.82) is 0 Å². The molecule has 1 heterocycles. The molecule has 0 aromatic rings. The molecule has 3 nitrogen and oxygen atoms in total. The summed E-state index contributed by atoms with van der Waals surface area (Å²) in [5.41, 5.74) is 2.31. The lowest BCUT2D eigenvalue weighted by atomic mass is 9.90. The molecule has 1 aliphatic heterocycles. The highest BCUT2D eigenvalue weighted by molar-refractivity contribution is 5.76. The first kappa shape index (κ1) is 6.55. The Kier molecular flexibility index (Phi) is 1.45. The quantitative estimate of drug-likeness (QED) is 0.516. The second kappa shape index (κ2) is 1.99. The van der Waals surface area contributed by atoms with Crippen LogP contribution in [0.1, 0.15) is 20.3 Å². The monoisotopic (exact) mass is 129 g/mol. The lowest BCUT2D eigenvalue weighted by Crippen LogP contribution is -2.39. The van der Waals surface area contributed by atoms with E-state index in [1.54, 1.807) is 0 Å². The summed E-state index contributed by atoms with van der Waals surface area (Å²) in [7, 11) is 0. The Morgan fingerprint density at radius 3 is 2.67 bits per heavy atom. The highest BCUT2D eigenvalue weighted by atomic mass is 16.7. The van der Waals surface area contributed by atoms with Gasteiger partial charge in [0.1, 0.15) is 0 Å². The van der Waals surface area contributed by atoms with Crippen LogP contribution in [0.15, 0.2) is 0 Å². The predicted molar refractivity (Wildman–Crippen MR) is 32.5 cm³/mol. The van der Waals surface area contributed by atoms with Gasteiger partial charge in [0.25, 0.3) is 0 Å². The summed E-state index contributed by atoms with van der Waals surface area (Å²) in [5.74, 6) is -0.0220. The minimum absolute atomic E-state index is 0.0162. The van der Waals surface area contributed by atoms with E-state index in [1.807, 2.05) is 13.8 Å². The summed E-state index contributed by atoms with van der Waals surface area (Å²) >= 11 is 0. The number of hydrogen-bond donors (Lipinski definition) is 1. The largest absolute Gasteiger partial charge is 0.273 e. The SMILES string of the molecule is CC1(C)CONC(=O)C1. The van der Waals surface area contributed by atoms with E-state index in [9.17, 15) is 4.79 Å². The fourth-order valence-electron chi connectivity index (χ4n) is 0.834. The second-order valence-electron chi connectivity index (χ2n) is 3.15. The van der Waals surface area contributed by atoms with Gasteiger partial charge in [-0.15, -0.1) is 0 Å². The van der Waals surface area contributed by atoms with Crippen LogP contribution in [0, 0.1) is 5.41 Å².